The summed E-state index contributed by atoms with van der Waals surface area (Å²) in [7, 11) is 0. The van der Waals surface area contributed by atoms with Crippen LogP contribution in [-0.4, -0.2) is 41.3 Å². The van der Waals surface area contributed by atoms with E-state index in [1.807, 2.05) is 20.8 Å². The first-order valence-corrected chi connectivity index (χ1v) is 8.19. The number of amides is 1. The van der Waals surface area contributed by atoms with Crippen LogP contribution < -0.4 is 4.74 Å². The van der Waals surface area contributed by atoms with Crippen molar-refractivity contribution in [3.8, 4) is 5.88 Å². The Labute approximate surface area is 144 Å². The van der Waals surface area contributed by atoms with Crippen LogP contribution in [0, 0.1) is 17.8 Å². The van der Waals surface area contributed by atoms with Crippen LogP contribution in [0.2, 0.25) is 0 Å². The molecule has 1 unspecified atom stereocenters. The lowest BCUT2D eigenvalue weighted by atomic mass is 10.2. The normalized spacial score (nSPS) is 25.5. The summed E-state index contributed by atoms with van der Waals surface area (Å²) in [4.78, 5) is 17.4. The number of hydrogen-bond donors (Lipinski definition) is 0. The lowest BCUT2D eigenvalue weighted by Gasteiger charge is -2.26. The zero-order chi connectivity index (χ0) is 18.4. The van der Waals surface area contributed by atoms with Crippen LogP contribution in [0.25, 0.3) is 0 Å². The number of nitrogens with zero attached hydrogens (tertiary/aromatic N) is 2. The Kier molecular flexibility index (Phi) is 4.33. The number of hydrogen-bond acceptors (Lipinski definition) is 4. The van der Waals surface area contributed by atoms with Crippen molar-refractivity contribution in [2.24, 2.45) is 17.8 Å². The number of alkyl halides is 3. The summed E-state index contributed by atoms with van der Waals surface area (Å²) in [5.41, 5.74) is -1.41. The molecular weight excluding hydrogens is 337 g/mol. The van der Waals surface area contributed by atoms with Crippen molar-refractivity contribution in [1.82, 2.24) is 9.88 Å². The molecule has 2 heterocycles. The third-order valence-corrected chi connectivity index (χ3v) is 4.51. The second-order valence-electron chi connectivity index (χ2n) is 7.54. The smallest absolute Gasteiger partial charge is 0.421 e. The van der Waals surface area contributed by atoms with E-state index in [0.29, 0.717) is 13.1 Å². The second kappa shape index (κ2) is 6.07. The first-order chi connectivity index (χ1) is 11.6. The molecule has 0 N–H and O–H groups in total. The molecule has 25 heavy (non-hydrogen) atoms. The van der Waals surface area contributed by atoms with Gasteiger partial charge in [-0.25, -0.2) is 9.78 Å². The minimum Gasteiger partial charge on any atom is -0.477 e. The molecule has 1 saturated heterocycles. The lowest BCUT2D eigenvalue weighted by Crippen LogP contribution is -2.37. The molecule has 2 fully saturated rings. The fraction of sp³-hybridized carbons (Fsp3) is 0.647. The molecule has 1 saturated carbocycles. The number of halogens is 3. The van der Waals surface area contributed by atoms with Crippen molar-refractivity contribution in [2.45, 2.75) is 32.5 Å². The van der Waals surface area contributed by atoms with Gasteiger partial charge in [0.15, 0.2) is 0 Å². The highest BCUT2D eigenvalue weighted by Crippen LogP contribution is 2.52. The standard InChI is InChI=1S/C17H21F3N2O3/c1-16(2,3)25-15(23)22-7-10-11(8-22)12(10)9-24-14-13(17(18,19)20)5-4-6-21-14/h4-6,10-12H,7-9H2,1-3H3/t10-,11+,12?. The number of carbonyl (C=O) groups excluding carboxylic acids is 1. The number of pyridine rings is 1. The summed E-state index contributed by atoms with van der Waals surface area (Å²) in [6, 6.07) is 2.19. The number of likely N-dealkylation sites (tertiary alicyclic amines) is 1. The van der Waals surface area contributed by atoms with Crippen molar-refractivity contribution in [3.63, 3.8) is 0 Å². The van der Waals surface area contributed by atoms with Gasteiger partial charge in [0.2, 0.25) is 5.88 Å². The molecule has 138 valence electrons. The minimum absolute atomic E-state index is 0.154. The molecule has 8 heteroatoms. The number of carbonyl (C=O) groups is 1. The molecule has 2 aliphatic rings. The van der Waals surface area contributed by atoms with E-state index in [0.717, 1.165) is 6.07 Å². The van der Waals surface area contributed by atoms with E-state index in [1.54, 1.807) is 4.90 Å². The summed E-state index contributed by atoms with van der Waals surface area (Å²) >= 11 is 0. The van der Waals surface area contributed by atoms with E-state index in [1.165, 1.54) is 12.3 Å². The molecule has 0 spiro atoms. The fourth-order valence-corrected chi connectivity index (χ4v) is 3.27. The summed E-state index contributed by atoms with van der Waals surface area (Å²) in [6.07, 6.45) is -3.55. The molecule has 1 amide bonds. The van der Waals surface area contributed by atoms with Crippen LogP contribution in [0.1, 0.15) is 26.3 Å². The zero-order valence-electron chi connectivity index (χ0n) is 14.3. The molecule has 0 radical (unpaired) electrons. The van der Waals surface area contributed by atoms with E-state index in [2.05, 4.69) is 4.98 Å². The average Bonchev–Trinajstić information content (AvgIpc) is 2.93. The van der Waals surface area contributed by atoms with Crippen LogP contribution in [0.4, 0.5) is 18.0 Å². The van der Waals surface area contributed by atoms with Gasteiger partial charge in [-0.3, -0.25) is 0 Å². The number of rotatable bonds is 3. The topological polar surface area (TPSA) is 51.7 Å². The molecule has 1 aromatic rings. The predicted octanol–water partition coefficient (Wildman–Crippen LogP) is 3.59. The zero-order valence-corrected chi connectivity index (χ0v) is 14.3. The van der Waals surface area contributed by atoms with Gasteiger partial charge in [-0.05, 0) is 44.7 Å². The van der Waals surface area contributed by atoms with Crippen molar-refractivity contribution in [1.29, 1.82) is 0 Å². The maximum absolute atomic E-state index is 12.9. The minimum atomic E-state index is -4.49. The molecule has 3 atom stereocenters. The fourth-order valence-electron chi connectivity index (χ4n) is 3.27. The highest BCUT2D eigenvalue weighted by molar-refractivity contribution is 5.69. The Hall–Kier alpha value is -1.99. The number of ether oxygens (including phenoxy) is 2. The molecular formula is C17H21F3N2O3. The van der Waals surface area contributed by atoms with Gasteiger partial charge in [-0.2, -0.15) is 13.2 Å². The maximum Gasteiger partial charge on any atom is 0.421 e. The van der Waals surface area contributed by atoms with Crippen LogP contribution in [0.3, 0.4) is 0 Å². The quantitative estimate of drug-likeness (QED) is 0.829. The number of aromatic nitrogens is 1. The number of piperidine rings is 1. The molecule has 1 aliphatic heterocycles. The third-order valence-electron chi connectivity index (χ3n) is 4.51. The molecule has 0 bridgehead atoms. The summed E-state index contributed by atoms with van der Waals surface area (Å²) < 4.78 is 49.4. The Balaban J connectivity index is 1.51. The first-order valence-electron chi connectivity index (χ1n) is 8.19. The van der Waals surface area contributed by atoms with Crippen LogP contribution in [0.5, 0.6) is 5.88 Å². The molecule has 1 aliphatic carbocycles. The highest BCUT2D eigenvalue weighted by atomic mass is 19.4. The Bertz CT molecular complexity index is 645. The Morgan fingerprint density at radius 3 is 2.48 bits per heavy atom. The molecule has 0 aromatic carbocycles. The van der Waals surface area contributed by atoms with Gasteiger partial charge in [-0.15, -0.1) is 0 Å². The average molecular weight is 358 g/mol. The lowest BCUT2D eigenvalue weighted by molar-refractivity contribution is -0.139. The SMILES string of the molecule is CC(C)(C)OC(=O)N1C[C@@H]2C(COc3ncccc3C(F)(F)F)[C@@H]2C1. The second-order valence-corrected chi connectivity index (χ2v) is 7.54. The van der Waals surface area contributed by atoms with E-state index in [-0.39, 0.29) is 36.3 Å². The van der Waals surface area contributed by atoms with Gasteiger partial charge in [0, 0.05) is 25.2 Å². The Morgan fingerprint density at radius 2 is 1.92 bits per heavy atom. The van der Waals surface area contributed by atoms with E-state index in [9.17, 15) is 18.0 Å². The van der Waals surface area contributed by atoms with E-state index in [4.69, 9.17) is 9.47 Å². The monoisotopic (exact) mass is 358 g/mol. The Morgan fingerprint density at radius 1 is 1.28 bits per heavy atom. The maximum atomic E-state index is 12.9. The van der Waals surface area contributed by atoms with Crippen LogP contribution in [-0.2, 0) is 10.9 Å². The summed E-state index contributed by atoms with van der Waals surface area (Å²) in [5, 5.41) is 0. The van der Waals surface area contributed by atoms with Crippen molar-refractivity contribution in [2.75, 3.05) is 19.7 Å². The third kappa shape index (κ3) is 3.99. The van der Waals surface area contributed by atoms with E-state index >= 15 is 0 Å². The van der Waals surface area contributed by atoms with Crippen molar-refractivity contribution < 1.29 is 27.4 Å². The van der Waals surface area contributed by atoms with E-state index < -0.39 is 17.3 Å². The van der Waals surface area contributed by atoms with Gasteiger partial charge >= 0.3 is 12.3 Å². The van der Waals surface area contributed by atoms with Gasteiger partial charge in [0.25, 0.3) is 0 Å². The molecule has 1 aromatic heterocycles. The van der Waals surface area contributed by atoms with Crippen LogP contribution in [0.15, 0.2) is 18.3 Å². The first kappa shape index (κ1) is 17.8. The summed E-state index contributed by atoms with van der Waals surface area (Å²) in [6.45, 7) is 6.72. The van der Waals surface area contributed by atoms with Crippen molar-refractivity contribution in [3.05, 3.63) is 23.9 Å². The number of fused-ring (bicyclic) bond motifs is 1. The summed E-state index contributed by atoms with van der Waals surface area (Å²) in [5.74, 6) is 0.280. The molecule has 3 rings (SSSR count). The van der Waals surface area contributed by atoms with Gasteiger partial charge in [-0.1, -0.05) is 0 Å². The van der Waals surface area contributed by atoms with Gasteiger partial charge < -0.3 is 14.4 Å². The van der Waals surface area contributed by atoms with Crippen molar-refractivity contribution >= 4 is 6.09 Å². The van der Waals surface area contributed by atoms with Gasteiger partial charge in [0.1, 0.15) is 11.2 Å². The molecule has 5 nitrogen and oxygen atoms in total. The van der Waals surface area contributed by atoms with Gasteiger partial charge in [0.05, 0.1) is 6.61 Å². The predicted molar refractivity (Wildman–Crippen MR) is 83.0 cm³/mol. The highest BCUT2D eigenvalue weighted by Gasteiger charge is 2.57. The largest absolute Gasteiger partial charge is 0.477 e. The van der Waals surface area contributed by atoms with Crippen LogP contribution >= 0.6 is 0 Å².